The Morgan fingerprint density at radius 2 is 1.45 bits per heavy atom. The van der Waals surface area contributed by atoms with E-state index in [-0.39, 0.29) is 11.3 Å². The number of rotatable bonds is 9. The Morgan fingerprint density at radius 3 is 2.03 bits per heavy atom. The van der Waals surface area contributed by atoms with Gasteiger partial charge in [-0.1, -0.05) is 88.4 Å². The fourth-order valence-electron chi connectivity index (χ4n) is 3.11. The number of aromatic nitrogens is 1. The molecule has 0 bridgehead atoms. The molecule has 1 heterocycles. The predicted octanol–water partition coefficient (Wildman–Crippen LogP) is 6.95. The number of nitrogens with zero attached hydrogens (tertiary/aromatic N) is 1. The van der Waals surface area contributed by atoms with Crippen LogP contribution < -0.4 is 10.5 Å². The average molecular weight is 418 g/mol. The first-order valence-corrected chi connectivity index (χ1v) is 11.1. The molecule has 0 aliphatic heterocycles. The van der Waals surface area contributed by atoms with Crippen molar-refractivity contribution in [1.29, 1.82) is 5.41 Å². The normalized spacial score (nSPS) is 10.7. The van der Waals surface area contributed by atoms with E-state index in [1.54, 1.807) is 0 Å². The Bertz CT molecular complexity index is 879. The molecule has 3 rings (SSSR count). The molecule has 0 saturated heterocycles. The molecule has 3 aromatic rings. The van der Waals surface area contributed by atoms with E-state index in [0.717, 1.165) is 41.6 Å². The molecule has 31 heavy (non-hydrogen) atoms. The van der Waals surface area contributed by atoms with Gasteiger partial charge in [0.25, 0.3) is 0 Å². The number of unbranched alkanes of at least 4 members (excludes halogenated alkanes) is 1. The Kier molecular flexibility index (Phi) is 9.26. The predicted molar refractivity (Wildman–Crippen MR) is 131 cm³/mol. The molecule has 1 aromatic heterocycles. The molecule has 4 heteroatoms. The quantitative estimate of drug-likeness (QED) is 0.225. The highest BCUT2D eigenvalue weighted by molar-refractivity contribution is 5.82. The first-order chi connectivity index (χ1) is 15.0. The van der Waals surface area contributed by atoms with E-state index in [1.807, 2.05) is 70.2 Å². The summed E-state index contributed by atoms with van der Waals surface area (Å²) in [6, 6.07) is 24.5. The van der Waals surface area contributed by atoms with E-state index in [1.165, 1.54) is 0 Å². The van der Waals surface area contributed by atoms with Crippen molar-refractivity contribution in [2.24, 2.45) is 11.1 Å². The van der Waals surface area contributed by atoms with Gasteiger partial charge in [0, 0.05) is 17.0 Å². The van der Waals surface area contributed by atoms with Gasteiger partial charge < -0.3 is 10.5 Å². The molecule has 164 valence electrons. The van der Waals surface area contributed by atoms with Gasteiger partial charge in [0.15, 0.2) is 0 Å². The molecule has 0 atom stereocenters. The molecule has 0 aliphatic rings. The van der Waals surface area contributed by atoms with E-state index in [0.29, 0.717) is 12.5 Å². The number of benzene rings is 2. The van der Waals surface area contributed by atoms with Crippen LogP contribution in [-0.2, 0) is 0 Å². The zero-order valence-electron chi connectivity index (χ0n) is 19.2. The van der Waals surface area contributed by atoms with Crippen LogP contribution in [0.1, 0.15) is 47.0 Å². The van der Waals surface area contributed by atoms with Gasteiger partial charge in [-0.15, -0.1) is 0 Å². The molecule has 0 saturated carbocycles. The van der Waals surface area contributed by atoms with E-state index in [2.05, 4.69) is 30.3 Å². The van der Waals surface area contributed by atoms with Gasteiger partial charge in [-0.25, -0.2) is 4.98 Å². The highest BCUT2D eigenvalue weighted by atomic mass is 16.5. The molecular weight excluding hydrogens is 382 g/mol. The number of nitrogens with one attached hydrogen (secondary N) is 1. The van der Waals surface area contributed by atoms with Gasteiger partial charge >= 0.3 is 0 Å². The van der Waals surface area contributed by atoms with Crippen LogP contribution in [0.2, 0.25) is 0 Å². The van der Waals surface area contributed by atoms with Crippen LogP contribution in [0, 0.1) is 10.8 Å². The number of hydrogen-bond acceptors (Lipinski definition) is 3. The number of nitrogens with two attached hydrogens (primary N) is 1. The van der Waals surface area contributed by atoms with Crippen molar-refractivity contribution in [3.05, 3.63) is 72.8 Å². The number of pyridine rings is 1. The summed E-state index contributed by atoms with van der Waals surface area (Å²) in [5, 5.41) is 7.66. The third kappa shape index (κ3) is 7.25. The maximum atomic E-state index is 7.66. The molecule has 0 amide bonds. The summed E-state index contributed by atoms with van der Waals surface area (Å²) in [6.07, 6.45) is 2.73. The first-order valence-electron chi connectivity index (χ1n) is 11.1. The fourth-order valence-corrected chi connectivity index (χ4v) is 3.11. The SMILES string of the molecule is CC.CC(C)(CCCCOc1cc(-c2ccccc2)cc(-c2ccccc2)n1)C(=N)N. The molecule has 3 N–H and O–H groups in total. The van der Waals surface area contributed by atoms with Gasteiger partial charge in [0.2, 0.25) is 5.88 Å². The molecule has 4 nitrogen and oxygen atoms in total. The van der Waals surface area contributed by atoms with Crippen LogP contribution in [0.15, 0.2) is 72.8 Å². The summed E-state index contributed by atoms with van der Waals surface area (Å²) in [6.45, 7) is 8.61. The van der Waals surface area contributed by atoms with Crippen molar-refractivity contribution in [3.63, 3.8) is 0 Å². The second-order valence-electron chi connectivity index (χ2n) is 7.91. The molecule has 0 aliphatic carbocycles. The largest absolute Gasteiger partial charge is 0.478 e. The van der Waals surface area contributed by atoms with Crippen LogP contribution in [0.3, 0.4) is 0 Å². The third-order valence-electron chi connectivity index (χ3n) is 5.15. The first kappa shape index (κ1) is 24.1. The van der Waals surface area contributed by atoms with Crippen molar-refractivity contribution in [1.82, 2.24) is 4.98 Å². The van der Waals surface area contributed by atoms with Crippen molar-refractivity contribution < 1.29 is 4.74 Å². The molecule has 2 aromatic carbocycles. The minimum Gasteiger partial charge on any atom is -0.478 e. The van der Waals surface area contributed by atoms with Crippen LogP contribution in [0.5, 0.6) is 5.88 Å². The standard InChI is InChI=1S/C25H29N3O.C2H6/c1-25(2,24(26)27)15-9-10-16-29-23-18-21(19-11-5-3-6-12-19)17-22(28-23)20-13-7-4-8-14-20;1-2/h3-8,11-14,17-18H,9-10,15-16H2,1-2H3,(H3,26,27);1-2H3. The summed E-state index contributed by atoms with van der Waals surface area (Å²) >= 11 is 0. The van der Waals surface area contributed by atoms with Gasteiger partial charge in [0.1, 0.15) is 0 Å². The third-order valence-corrected chi connectivity index (χ3v) is 5.15. The number of ether oxygens (including phenoxy) is 1. The smallest absolute Gasteiger partial charge is 0.214 e. The monoisotopic (exact) mass is 417 g/mol. The second-order valence-corrected chi connectivity index (χ2v) is 7.91. The minimum absolute atomic E-state index is 0.239. The molecule has 0 spiro atoms. The van der Waals surface area contributed by atoms with Crippen LogP contribution >= 0.6 is 0 Å². The van der Waals surface area contributed by atoms with Crippen LogP contribution in [0.25, 0.3) is 22.4 Å². The highest BCUT2D eigenvalue weighted by Gasteiger charge is 2.20. The second kappa shape index (κ2) is 11.9. The maximum absolute atomic E-state index is 7.66. The lowest BCUT2D eigenvalue weighted by atomic mass is 9.86. The highest BCUT2D eigenvalue weighted by Crippen LogP contribution is 2.29. The lowest BCUT2D eigenvalue weighted by Crippen LogP contribution is -2.30. The lowest BCUT2D eigenvalue weighted by molar-refractivity contribution is 0.286. The van der Waals surface area contributed by atoms with Gasteiger partial charge in [-0.2, -0.15) is 0 Å². The summed E-state index contributed by atoms with van der Waals surface area (Å²) in [4.78, 5) is 4.73. The topological polar surface area (TPSA) is 72.0 Å². The van der Waals surface area contributed by atoms with Crippen LogP contribution in [0.4, 0.5) is 0 Å². The van der Waals surface area contributed by atoms with E-state index in [4.69, 9.17) is 20.9 Å². The zero-order chi connectivity index (χ0) is 22.7. The van der Waals surface area contributed by atoms with Crippen molar-refractivity contribution in [2.45, 2.75) is 47.0 Å². The molecular formula is C27H35N3O. The molecule has 0 radical (unpaired) electrons. The average Bonchev–Trinajstić information content (AvgIpc) is 2.81. The Labute approximate surface area is 187 Å². The Balaban J connectivity index is 0.00000166. The summed E-state index contributed by atoms with van der Waals surface area (Å²) in [7, 11) is 0. The van der Waals surface area contributed by atoms with E-state index in [9.17, 15) is 0 Å². The van der Waals surface area contributed by atoms with Crippen molar-refractivity contribution in [2.75, 3.05) is 6.61 Å². The van der Waals surface area contributed by atoms with E-state index < -0.39 is 0 Å². The molecule has 0 fully saturated rings. The van der Waals surface area contributed by atoms with Crippen molar-refractivity contribution >= 4 is 5.84 Å². The molecule has 0 unspecified atom stereocenters. The van der Waals surface area contributed by atoms with E-state index >= 15 is 0 Å². The number of amidine groups is 1. The van der Waals surface area contributed by atoms with Gasteiger partial charge in [-0.3, -0.25) is 5.41 Å². The zero-order valence-corrected chi connectivity index (χ0v) is 19.2. The lowest BCUT2D eigenvalue weighted by Gasteiger charge is -2.22. The Morgan fingerprint density at radius 1 is 0.871 bits per heavy atom. The van der Waals surface area contributed by atoms with Crippen molar-refractivity contribution in [3.8, 4) is 28.3 Å². The van der Waals surface area contributed by atoms with Gasteiger partial charge in [-0.05, 0) is 36.5 Å². The summed E-state index contributed by atoms with van der Waals surface area (Å²) in [5.41, 5.74) is 9.60. The maximum Gasteiger partial charge on any atom is 0.214 e. The Hall–Kier alpha value is -3.14. The number of hydrogen-bond donors (Lipinski definition) is 2. The summed E-state index contributed by atoms with van der Waals surface area (Å²) in [5.74, 6) is 0.874. The minimum atomic E-state index is -0.258. The van der Waals surface area contributed by atoms with Gasteiger partial charge in [0.05, 0.1) is 18.1 Å². The fraction of sp³-hybridized carbons (Fsp3) is 0.333. The summed E-state index contributed by atoms with van der Waals surface area (Å²) < 4.78 is 6.01. The van der Waals surface area contributed by atoms with Crippen LogP contribution in [-0.4, -0.2) is 17.4 Å².